The van der Waals surface area contributed by atoms with Crippen molar-refractivity contribution in [2.24, 2.45) is 0 Å². The van der Waals surface area contributed by atoms with Crippen LogP contribution >= 0.6 is 22.7 Å². The first-order valence-corrected chi connectivity index (χ1v) is 20.8. The third-order valence-electron chi connectivity index (χ3n) is 11.6. The molecule has 57 heavy (non-hydrogen) atoms. The van der Waals surface area contributed by atoms with Gasteiger partial charge in [-0.25, -0.2) is 15.0 Å². The number of aromatic nitrogens is 3. The molecular formula is C52H31N3S2. The Morgan fingerprint density at radius 2 is 0.719 bits per heavy atom. The molecule has 12 rings (SSSR count). The predicted molar refractivity (Wildman–Crippen MR) is 239 cm³/mol. The lowest BCUT2D eigenvalue weighted by atomic mass is 9.67. The summed E-state index contributed by atoms with van der Waals surface area (Å²) in [6.45, 7) is 0. The first-order valence-electron chi connectivity index (χ1n) is 19.2. The van der Waals surface area contributed by atoms with Crippen LogP contribution in [0.1, 0.15) is 22.3 Å². The number of nitrogens with zero attached hydrogens (tertiary/aromatic N) is 3. The van der Waals surface area contributed by atoms with E-state index in [2.05, 4.69) is 188 Å². The van der Waals surface area contributed by atoms with Gasteiger partial charge >= 0.3 is 0 Å². The van der Waals surface area contributed by atoms with E-state index >= 15 is 0 Å². The molecule has 3 aromatic heterocycles. The fraction of sp³-hybridized carbons (Fsp3) is 0.0192. The monoisotopic (exact) mass is 761 g/mol. The number of hydrogen-bond acceptors (Lipinski definition) is 5. The van der Waals surface area contributed by atoms with E-state index in [9.17, 15) is 0 Å². The Morgan fingerprint density at radius 3 is 1.30 bits per heavy atom. The molecule has 5 heteroatoms. The van der Waals surface area contributed by atoms with Crippen molar-refractivity contribution in [3.8, 4) is 45.3 Å². The molecule has 1 aliphatic carbocycles. The van der Waals surface area contributed by atoms with Crippen LogP contribution in [-0.2, 0) is 5.41 Å². The molecule has 11 aromatic rings. The summed E-state index contributed by atoms with van der Waals surface area (Å²) >= 11 is 3.60. The first kappa shape index (κ1) is 32.5. The van der Waals surface area contributed by atoms with Gasteiger partial charge in [-0.05, 0) is 57.6 Å². The number of rotatable bonds is 5. The third-order valence-corrected chi connectivity index (χ3v) is 14.1. The van der Waals surface area contributed by atoms with Crippen LogP contribution in [0.25, 0.3) is 85.6 Å². The van der Waals surface area contributed by atoms with E-state index < -0.39 is 5.41 Å². The van der Waals surface area contributed by atoms with Gasteiger partial charge in [-0.1, -0.05) is 164 Å². The van der Waals surface area contributed by atoms with Crippen LogP contribution in [0.2, 0.25) is 0 Å². The summed E-state index contributed by atoms with van der Waals surface area (Å²) in [7, 11) is 0. The normalized spacial score (nSPS) is 13.1. The van der Waals surface area contributed by atoms with E-state index in [1.807, 2.05) is 0 Å². The first-order chi connectivity index (χ1) is 28.3. The van der Waals surface area contributed by atoms with Crippen molar-refractivity contribution >= 4 is 63.0 Å². The van der Waals surface area contributed by atoms with E-state index in [-0.39, 0.29) is 0 Å². The Balaban J connectivity index is 1.18. The molecule has 1 aliphatic rings. The Bertz CT molecular complexity index is 3190. The Morgan fingerprint density at radius 1 is 0.316 bits per heavy atom. The molecule has 0 atom stereocenters. The Kier molecular flexibility index (Phi) is 7.18. The van der Waals surface area contributed by atoms with Crippen LogP contribution in [0.3, 0.4) is 0 Å². The highest BCUT2D eigenvalue weighted by Crippen LogP contribution is 2.58. The molecule has 0 aliphatic heterocycles. The standard InChI is InChI=1S/C52H31N3S2/c1-3-16-32(17-4-1)52(33-18-5-2-6-19-33)42-28-10-7-22-38(42)46-39(25-15-29-43(46)52)49-53-50(40-26-13-23-36-34-20-8-11-30-44(34)56-47(36)40)55-51(54-49)41-27-14-24-37-35-21-9-12-31-45(35)57-48(37)41/h1-31H. The lowest BCUT2D eigenvalue weighted by molar-refractivity contribution is 0.768. The average molecular weight is 762 g/mol. The third kappa shape index (κ3) is 4.73. The second kappa shape index (κ2) is 12.6. The van der Waals surface area contributed by atoms with Crippen molar-refractivity contribution in [2.75, 3.05) is 0 Å². The van der Waals surface area contributed by atoms with Gasteiger partial charge in [0.1, 0.15) is 0 Å². The topological polar surface area (TPSA) is 38.7 Å². The van der Waals surface area contributed by atoms with Crippen molar-refractivity contribution in [3.05, 3.63) is 210 Å². The molecule has 8 aromatic carbocycles. The van der Waals surface area contributed by atoms with Crippen LogP contribution in [-0.4, -0.2) is 15.0 Å². The summed E-state index contributed by atoms with van der Waals surface area (Å²) in [6.07, 6.45) is 0. The molecule has 0 bridgehead atoms. The second-order valence-corrected chi connectivity index (χ2v) is 16.7. The summed E-state index contributed by atoms with van der Waals surface area (Å²) < 4.78 is 4.86. The number of hydrogen-bond donors (Lipinski definition) is 0. The molecule has 0 fully saturated rings. The maximum Gasteiger partial charge on any atom is 0.165 e. The van der Waals surface area contributed by atoms with E-state index in [1.54, 1.807) is 22.7 Å². The Labute approximate surface area is 337 Å². The zero-order valence-electron chi connectivity index (χ0n) is 30.6. The fourth-order valence-electron chi connectivity index (χ4n) is 9.26. The van der Waals surface area contributed by atoms with E-state index in [0.29, 0.717) is 17.5 Å². The minimum absolute atomic E-state index is 0.533. The van der Waals surface area contributed by atoms with Gasteiger partial charge < -0.3 is 0 Å². The molecule has 0 radical (unpaired) electrons. The number of thiophene rings is 2. The molecule has 0 N–H and O–H groups in total. The van der Waals surface area contributed by atoms with Gasteiger partial charge in [0.2, 0.25) is 0 Å². The Hall–Kier alpha value is -6.79. The van der Waals surface area contributed by atoms with Gasteiger partial charge in [-0.15, -0.1) is 22.7 Å². The molecule has 3 heterocycles. The van der Waals surface area contributed by atoms with Gasteiger partial charge in [-0.3, -0.25) is 0 Å². The van der Waals surface area contributed by atoms with Gasteiger partial charge in [0.15, 0.2) is 17.5 Å². The number of benzene rings is 8. The molecular weight excluding hydrogens is 731 g/mol. The molecule has 0 spiro atoms. The summed E-state index contributed by atoms with van der Waals surface area (Å²) in [6, 6.07) is 67.8. The fourth-order valence-corrected chi connectivity index (χ4v) is 11.7. The lowest BCUT2D eigenvalue weighted by Crippen LogP contribution is -2.28. The molecule has 0 unspecified atom stereocenters. The minimum atomic E-state index is -0.533. The highest BCUT2D eigenvalue weighted by Gasteiger charge is 2.47. The van der Waals surface area contributed by atoms with Gasteiger partial charge in [0.05, 0.1) is 5.41 Å². The largest absolute Gasteiger partial charge is 0.208 e. The van der Waals surface area contributed by atoms with Crippen LogP contribution in [0, 0.1) is 0 Å². The quantitative estimate of drug-likeness (QED) is 0.175. The molecule has 0 amide bonds. The smallest absolute Gasteiger partial charge is 0.165 e. The van der Waals surface area contributed by atoms with Gasteiger partial charge in [0, 0.05) is 57.0 Å². The highest BCUT2D eigenvalue weighted by atomic mass is 32.1. The summed E-state index contributed by atoms with van der Waals surface area (Å²) in [4.78, 5) is 16.3. The van der Waals surface area contributed by atoms with Crippen molar-refractivity contribution in [2.45, 2.75) is 5.41 Å². The number of fused-ring (bicyclic) bond motifs is 9. The minimum Gasteiger partial charge on any atom is -0.208 e. The van der Waals surface area contributed by atoms with Crippen LogP contribution in [0.15, 0.2) is 188 Å². The van der Waals surface area contributed by atoms with E-state index in [1.165, 1.54) is 68.2 Å². The van der Waals surface area contributed by atoms with Gasteiger partial charge in [-0.2, -0.15) is 0 Å². The highest BCUT2D eigenvalue weighted by molar-refractivity contribution is 7.26. The van der Waals surface area contributed by atoms with Gasteiger partial charge in [0.25, 0.3) is 0 Å². The summed E-state index contributed by atoms with van der Waals surface area (Å²) in [5.41, 5.74) is 9.76. The van der Waals surface area contributed by atoms with Crippen LogP contribution in [0.4, 0.5) is 0 Å². The van der Waals surface area contributed by atoms with Crippen LogP contribution in [0.5, 0.6) is 0 Å². The SMILES string of the molecule is c1ccc(C2(c3ccccc3)c3ccccc3-c3c(-c4nc(-c5cccc6c5sc5ccccc56)nc(-c5cccc6c5sc5ccccc56)n4)cccc32)cc1. The zero-order valence-corrected chi connectivity index (χ0v) is 32.2. The molecule has 266 valence electrons. The zero-order chi connectivity index (χ0) is 37.5. The van der Waals surface area contributed by atoms with Crippen molar-refractivity contribution in [1.82, 2.24) is 15.0 Å². The average Bonchev–Trinajstić information content (AvgIpc) is 3.95. The second-order valence-electron chi connectivity index (χ2n) is 14.6. The van der Waals surface area contributed by atoms with Crippen LogP contribution < -0.4 is 0 Å². The maximum atomic E-state index is 5.47. The summed E-state index contributed by atoms with van der Waals surface area (Å²) in [5, 5.41) is 4.93. The maximum absolute atomic E-state index is 5.47. The molecule has 0 saturated carbocycles. The van der Waals surface area contributed by atoms with E-state index in [4.69, 9.17) is 15.0 Å². The molecule has 0 saturated heterocycles. The van der Waals surface area contributed by atoms with Crippen molar-refractivity contribution in [3.63, 3.8) is 0 Å². The summed E-state index contributed by atoms with van der Waals surface area (Å²) in [5.74, 6) is 2.01. The van der Waals surface area contributed by atoms with Crippen molar-refractivity contribution < 1.29 is 0 Å². The predicted octanol–water partition coefficient (Wildman–Crippen LogP) is 14.0. The van der Waals surface area contributed by atoms with Crippen molar-refractivity contribution in [1.29, 1.82) is 0 Å². The van der Waals surface area contributed by atoms with E-state index in [0.717, 1.165) is 22.3 Å². The lowest BCUT2D eigenvalue weighted by Gasteiger charge is -2.33. The molecule has 3 nitrogen and oxygen atoms in total.